The van der Waals surface area contributed by atoms with E-state index in [1.165, 1.54) is 5.56 Å². The van der Waals surface area contributed by atoms with E-state index in [-0.39, 0.29) is 0 Å². The molecule has 4 heteroatoms. The first-order valence-electron chi connectivity index (χ1n) is 6.99. The number of nitrogens with one attached hydrogen (secondary N) is 1. The minimum Gasteiger partial charge on any atom is -0.496 e. The molecule has 0 aromatic heterocycles. The van der Waals surface area contributed by atoms with Gasteiger partial charge >= 0.3 is 0 Å². The molecule has 2 rings (SSSR count). The average molecular weight is 264 g/mol. The van der Waals surface area contributed by atoms with Crippen LogP contribution in [-0.2, 0) is 11.2 Å². The molecule has 0 bridgehead atoms. The number of benzene rings is 1. The van der Waals surface area contributed by atoms with Crippen molar-refractivity contribution in [1.82, 2.24) is 5.43 Å². The van der Waals surface area contributed by atoms with E-state index in [0.717, 1.165) is 44.6 Å². The van der Waals surface area contributed by atoms with Crippen LogP contribution in [0.1, 0.15) is 24.8 Å². The third kappa shape index (κ3) is 4.20. The van der Waals surface area contributed by atoms with Gasteiger partial charge in [0.2, 0.25) is 0 Å². The van der Waals surface area contributed by atoms with Gasteiger partial charge < -0.3 is 9.47 Å². The molecule has 3 N–H and O–H groups in total. The molecule has 1 aliphatic heterocycles. The lowest BCUT2D eigenvalue weighted by Gasteiger charge is -2.26. The number of hydrogen-bond acceptors (Lipinski definition) is 4. The molecular formula is C15H24N2O2. The second kappa shape index (κ2) is 7.48. The zero-order valence-electron chi connectivity index (χ0n) is 11.6. The molecule has 0 amide bonds. The topological polar surface area (TPSA) is 56.5 Å². The fraction of sp³-hybridized carbons (Fsp3) is 0.600. The first kappa shape index (κ1) is 14.3. The normalized spacial score (nSPS) is 18.2. The first-order valence-corrected chi connectivity index (χ1v) is 6.99. The van der Waals surface area contributed by atoms with Crippen molar-refractivity contribution in [2.75, 3.05) is 20.3 Å². The maximum absolute atomic E-state index is 5.71. The number of para-hydroxylation sites is 1. The summed E-state index contributed by atoms with van der Waals surface area (Å²) >= 11 is 0. The van der Waals surface area contributed by atoms with E-state index in [4.69, 9.17) is 15.3 Å². The van der Waals surface area contributed by atoms with E-state index in [2.05, 4.69) is 11.5 Å². The van der Waals surface area contributed by atoms with Crippen molar-refractivity contribution in [3.63, 3.8) is 0 Å². The lowest BCUT2D eigenvalue weighted by molar-refractivity contribution is 0.0605. The van der Waals surface area contributed by atoms with Crippen LogP contribution in [0.15, 0.2) is 24.3 Å². The van der Waals surface area contributed by atoms with Crippen molar-refractivity contribution in [1.29, 1.82) is 0 Å². The largest absolute Gasteiger partial charge is 0.496 e. The van der Waals surface area contributed by atoms with E-state index < -0.39 is 0 Å². The number of rotatable bonds is 6. The van der Waals surface area contributed by atoms with Crippen molar-refractivity contribution in [2.45, 2.75) is 31.7 Å². The molecule has 0 spiro atoms. The fourth-order valence-electron chi connectivity index (χ4n) is 2.73. The molecule has 4 nitrogen and oxygen atoms in total. The van der Waals surface area contributed by atoms with Gasteiger partial charge in [0.05, 0.1) is 7.11 Å². The van der Waals surface area contributed by atoms with Gasteiger partial charge in [0.15, 0.2) is 0 Å². The molecule has 0 aliphatic carbocycles. The summed E-state index contributed by atoms with van der Waals surface area (Å²) < 4.78 is 10.8. The Morgan fingerprint density at radius 1 is 1.37 bits per heavy atom. The van der Waals surface area contributed by atoms with Crippen molar-refractivity contribution >= 4 is 0 Å². The van der Waals surface area contributed by atoms with Crippen LogP contribution >= 0.6 is 0 Å². The lowest BCUT2D eigenvalue weighted by atomic mass is 9.90. The maximum Gasteiger partial charge on any atom is 0.122 e. The van der Waals surface area contributed by atoms with Crippen LogP contribution in [0.5, 0.6) is 5.75 Å². The molecule has 1 aromatic rings. The number of hydrogen-bond donors (Lipinski definition) is 2. The molecule has 19 heavy (non-hydrogen) atoms. The Hall–Kier alpha value is -1.10. The smallest absolute Gasteiger partial charge is 0.122 e. The van der Waals surface area contributed by atoms with Crippen LogP contribution in [0.2, 0.25) is 0 Å². The molecule has 0 saturated carbocycles. The summed E-state index contributed by atoms with van der Waals surface area (Å²) in [7, 11) is 1.71. The SMILES string of the molecule is COc1ccccc1CC(CC1CCOCC1)NN. The summed E-state index contributed by atoms with van der Waals surface area (Å²) in [4.78, 5) is 0. The average Bonchev–Trinajstić information content (AvgIpc) is 2.48. The predicted molar refractivity (Wildman–Crippen MR) is 76.0 cm³/mol. The summed E-state index contributed by atoms with van der Waals surface area (Å²) in [5.41, 5.74) is 4.16. The van der Waals surface area contributed by atoms with Crippen LogP contribution in [0.4, 0.5) is 0 Å². The molecule has 1 unspecified atom stereocenters. The highest BCUT2D eigenvalue weighted by molar-refractivity contribution is 5.33. The Labute approximate surface area is 115 Å². The number of hydrazine groups is 1. The van der Waals surface area contributed by atoms with Gasteiger partial charge in [-0.15, -0.1) is 0 Å². The fourth-order valence-corrected chi connectivity index (χ4v) is 2.73. The van der Waals surface area contributed by atoms with Gasteiger partial charge in [-0.3, -0.25) is 11.3 Å². The van der Waals surface area contributed by atoms with Crippen LogP contribution in [0.25, 0.3) is 0 Å². The summed E-state index contributed by atoms with van der Waals surface area (Å²) in [5.74, 6) is 7.36. The summed E-state index contributed by atoms with van der Waals surface area (Å²) in [6, 6.07) is 8.43. The molecule has 1 heterocycles. The highest BCUT2D eigenvalue weighted by Crippen LogP contribution is 2.24. The van der Waals surface area contributed by atoms with Gasteiger partial charge in [-0.1, -0.05) is 18.2 Å². The maximum atomic E-state index is 5.71. The molecule has 0 radical (unpaired) electrons. The molecule has 1 aromatic carbocycles. The van der Waals surface area contributed by atoms with E-state index in [9.17, 15) is 0 Å². The summed E-state index contributed by atoms with van der Waals surface area (Å²) in [5, 5.41) is 0. The van der Waals surface area contributed by atoms with Crippen LogP contribution in [-0.4, -0.2) is 26.4 Å². The Morgan fingerprint density at radius 2 is 2.11 bits per heavy atom. The second-order valence-electron chi connectivity index (χ2n) is 5.17. The van der Waals surface area contributed by atoms with Crippen LogP contribution < -0.4 is 16.0 Å². The van der Waals surface area contributed by atoms with E-state index in [1.54, 1.807) is 7.11 Å². The molecular weight excluding hydrogens is 240 g/mol. The predicted octanol–water partition coefficient (Wildman–Crippen LogP) is 1.89. The molecule has 1 aliphatic rings. The zero-order valence-corrected chi connectivity index (χ0v) is 11.6. The minimum absolute atomic E-state index is 0.291. The molecule has 1 fully saturated rings. The Balaban J connectivity index is 1.94. The zero-order chi connectivity index (χ0) is 13.5. The number of ether oxygens (including phenoxy) is 2. The monoisotopic (exact) mass is 264 g/mol. The van der Waals surface area contributed by atoms with Gasteiger partial charge in [0, 0.05) is 19.3 Å². The highest BCUT2D eigenvalue weighted by atomic mass is 16.5. The van der Waals surface area contributed by atoms with Crippen molar-refractivity contribution in [2.24, 2.45) is 11.8 Å². The van der Waals surface area contributed by atoms with Crippen molar-refractivity contribution < 1.29 is 9.47 Å². The van der Waals surface area contributed by atoms with Crippen molar-refractivity contribution in [3.8, 4) is 5.75 Å². The molecule has 1 saturated heterocycles. The first-order chi connectivity index (χ1) is 9.33. The number of methoxy groups -OCH3 is 1. The quantitative estimate of drug-likeness (QED) is 0.608. The molecule has 1 atom stereocenters. The van der Waals surface area contributed by atoms with Crippen molar-refractivity contribution in [3.05, 3.63) is 29.8 Å². The second-order valence-corrected chi connectivity index (χ2v) is 5.17. The van der Waals surface area contributed by atoms with Gasteiger partial charge in [0.1, 0.15) is 5.75 Å². The Kier molecular flexibility index (Phi) is 5.63. The summed E-state index contributed by atoms with van der Waals surface area (Å²) in [6.45, 7) is 1.77. The van der Waals surface area contributed by atoms with E-state index >= 15 is 0 Å². The lowest BCUT2D eigenvalue weighted by Crippen LogP contribution is -2.39. The third-order valence-corrected chi connectivity index (χ3v) is 3.85. The van der Waals surface area contributed by atoms with E-state index in [1.807, 2.05) is 18.2 Å². The third-order valence-electron chi connectivity index (χ3n) is 3.85. The van der Waals surface area contributed by atoms with Crippen LogP contribution in [0.3, 0.4) is 0 Å². The van der Waals surface area contributed by atoms with Gasteiger partial charge in [0.25, 0.3) is 0 Å². The van der Waals surface area contributed by atoms with Gasteiger partial charge in [-0.05, 0) is 43.2 Å². The summed E-state index contributed by atoms with van der Waals surface area (Å²) in [6.07, 6.45) is 4.28. The molecule has 106 valence electrons. The minimum atomic E-state index is 0.291. The number of nitrogens with two attached hydrogens (primary N) is 1. The van der Waals surface area contributed by atoms with Crippen LogP contribution in [0, 0.1) is 5.92 Å². The standard InChI is InChI=1S/C15H24N2O2/c1-18-15-5-3-2-4-13(15)11-14(17-16)10-12-6-8-19-9-7-12/h2-5,12,14,17H,6-11,16H2,1H3. The highest BCUT2D eigenvalue weighted by Gasteiger charge is 2.19. The Bertz CT molecular complexity index is 378. The van der Waals surface area contributed by atoms with Gasteiger partial charge in [-0.2, -0.15) is 0 Å². The van der Waals surface area contributed by atoms with E-state index in [0.29, 0.717) is 12.0 Å². The van der Waals surface area contributed by atoms with Gasteiger partial charge in [-0.25, -0.2) is 0 Å². The Morgan fingerprint density at radius 3 is 2.79 bits per heavy atom.